The van der Waals surface area contributed by atoms with Gasteiger partial charge in [-0.3, -0.25) is 9.59 Å². The zero-order valence-electron chi connectivity index (χ0n) is 15.0. The first kappa shape index (κ1) is 18.8. The number of carbonyl (C=O) groups excluding carboxylic acids is 2. The molecule has 0 saturated carbocycles. The fourth-order valence-corrected chi connectivity index (χ4v) is 2.89. The Morgan fingerprint density at radius 1 is 1.15 bits per heavy atom. The van der Waals surface area contributed by atoms with E-state index in [0.29, 0.717) is 28.5 Å². The predicted molar refractivity (Wildman–Crippen MR) is 107 cm³/mol. The van der Waals surface area contributed by atoms with Gasteiger partial charge in [0, 0.05) is 11.4 Å². The SMILES string of the molecule is COc1cc(/C=C2\C(=O)N(c3ccc(Br)cc3)N=C2C)ccc1OC(C)=O. The van der Waals surface area contributed by atoms with Gasteiger partial charge < -0.3 is 9.47 Å². The Balaban J connectivity index is 1.91. The van der Waals surface area contributed by atoms with E-state index in [4.69, 9.17) is 9.47 Å². The molecular weight excluding hydrogens is 412 g/mol. The van der Waals surface area contributed by atoms with E-state index in [0.717, 1.165) is 10.0 Å². The molecule has 2 aromatic carbocycles. The average Bonchev–Trinajstić information content (AvgIpc) is 2.91. The van der Waals surface area contributed by atoms with Crippen molar-refractivity contribution >= 4 is 45.3 Å². The summed E-state index contributed by atoms with van der Waals surface area (Å²) in [4.78, 5) is 24.0. The summed E-state index contributed by atoms with van der Waals surface area (Å²) in [6.45, 7) is 3.11. The van der Waals surface area contributed by atoms with Crippen LogP contribution in [0.4, 0.5) is 5.69 Å². The Kier molecular flexibility index (Phi) is 5.41. The molecule has 6 nitrogen and oxygen atoms in total. The molecule has 0 bridgehead atoms. The molecule has 1 aliphatic heterocycles. The number of anilines is 1. The average molecular weight is 429 g/mol. The highest BCUT2D eigenvalue weighted by molar-refractivity contribution is 9.10. The molecule has 0 N–H and O–H groups in total. The zero-order chi connectivity index (χ0) is 19.6. The first-order valence-corrected chi connectivity index (χ1v) is 8.92. The van der Waals surface area contributed by atoms with Gasteiger partial charge in [-0.05, 0) is 55.0 Å². The van der Waals surface area contributed by atoms with Crippen LogP contribution in [0.25, 0.3) is 6.08 Å². The van der Waals surface area contributed by atoms with Gasteiger partial charge in [-0.25, -0.2) is 0 Å². The molecular formula is C20H17BrN2O4. The largest absolute Gasteiger partial charge is 0.493 e. The molecule has 0 spiro atoms. The highest BCUT2D eigenvalue weighted by atomic mass is 79.9. The number of methoxy groups -OCH3 is 1. The molecule has 27 heavy (non-hydrogen) atoms. The van der Waals surface area contributed by atoms with E-state index in [1.165, 1.54) is 19.0 Å². The third kappa shape index (κ3) is 4.09. The van der Waals surface area contributed by atoms with Crippen molar-refractivity contribution in [2.24, 2.45) is 5.10 Å². The van der Waals surface area contributed by atoms with E-state index in [9.17, 15) is 9.59 Å². The molecule has 1 amide bonds. The monoisotopic (exact) mass is 428 g/mol. The Morgan fingerprint density at radius 3 is 2.48 bits per heavy atom. The van der Waals surface area contributed by atoms with Crippen LogP contribution in [0, 0.1) is 0 Å². The summed E-state index contributed by atoms with van der Waals surface area (Å²) >= 11 is 3.38. The van der Waals surface area contributed by atoms with E-state index in [2.05, 4.69) is 21.0 Å². The van der Waals surface area contributed by atoms with Gasteiger partial charge in [0.05, 0.1) is 24.1 Å². The summed E-state index contributed by atoms with van der Waals surface area (Å²) in [6, 6.07) is 12.4. The van der Waals surface area contributed by atoms with E-state index in [1.807, 2.05) is 24.3 Å². The first-order chi connectivity index (χ1) is 12.9. The Bertz CT molecular complexity index is 964. The molecule has 0 atom stereocenters. The molecule has 0 saturated heterocycles. The van der Waals surface area contributed by atoms with Gasteiger partial charge >= 0.3 is 5.97 Å². The van der Waals surface area contributed by atoms with Gasteiger partial charge in [-0.2, -0.15) is 10.1 Å². The molecule has 7 heteroatoms. The number of halogens is 1. The van der Waals surface area contributed by atoms with Crippen molar-refractivity contribution in [1.82, 2.24) is 0 Å². The Labute approximate surface area is 165 Å². The number of hydrazone groups is 1. The van der Waals surface area contributed by atoms with Crippen LogP contribution < -0.4 is 14.5 Å². The number of carbonyl (C=O) groups is 2. The lowest BCUT2D eigenvalue weighted by Crippen LogP contribution is -2.21. The fraction of sp³-hybridized carbons (Fsp3) is 0.150. The number of hydrogen-bond acceptors (Lipinski definition) is 5. The van der Waals surface area contributed by atoms with Gasteiger partial charge in [-0.15, -0.1) is 0 Å². The summed E-state index contributed by atoms with van der Waals surface area (Å²) < 4.78 is 11.3. The van der Waals surface area contributed by atoms with Crippen molar-refractivity contribution in [2.75, 3.05) is 12.1 Å². The maximum Gasteiger partial charge on any atom is 0.308 e. The molecule has 1 heterocycles. The van der Waals surface area contributed by atoms with Crippen molar-refractivity contribution in [1.29, 1.82) is 0 Å². The second-order valence-corrected chi connectivity index (χ2v) is 6.76. The molecule has 0 fully saturated rings. The lowest BCUT2D eigenvalue weighted by Gasteiger charge is -2.11. The molecule has 0 radical (unpaired) electrons. The lowest BCUT2D eigenvalue weighted by molar-refractivity contribution is -0.132. The van der Waals surface area contributed by atoms with Crippen LogP contribution in [-0.2, 0) is 9.59 Å². The van der Waals surface area contributed by atoms with Crippen LogP contribution in [0.15, 0.2) is 57.6 Å². The van der Waals surface area contributed by atoms with E-state index >= 15 is 0 Å². The van der Waals surface area contributed by atoms with Crippen molar-refractivity contribution in [3.63, 3.8) is 0 Å². The van der Waals surface area contributed by atoms with Gasteiger partial charge in [-0.1, -0.05) is 22.0 Å². The number of benzene rings is 2. The van der Waals surface area contributed by atoms with Crippen molar-refractivity contribution in [2.45, 2.75) is 13.8 Å². The molecule has 0 unspecified atom stereocenters. The normalized spacial score (nSPS) is 15.1. The number of rotatable bonds is 4. The number of hydrogen-bond donors (Lipinski definition) is 0. The standard InChI is InChI=1S/C20H17BrN2O4/c1-12-17(20(25)23(22-12)16-7-5-15(21)6-8-16)10-14-4-9-18(27-13(2)24)19(11-14)26-3/h4-11H,1-3H3/b17-10-. The molecule has 0 aromatic heterocycles. The maximum absolute atomic E-state index is 12.8. The molecule has 2 aromatic rings. The molecule has 3 rings (SSSR count). The van der Waals surface area contributed by atoms with Crippen LogP contribution in [0.2, 0.25) is 0 Å². The smallest absolute Gasteiger partial charge is 0.308 e. The minimum Gasteiger partial charge on any atom is -0.493 e. The number of amides is 1. The highest BCUT2D eigenvalue weighted by Gasteiger charge is 2.28. The molecule has 1 aliphatic rings. The van der Waals surface area contributed by atoms with Crippen molar-refractivity contribution in [3.8, 4) is 11.5 Å². The number of ether oxygens (including phenoxy) is 2. The van der Waals surface area contributed by atoms with E-state index in [1.54, 1.807) is 31.2 Å². The third-order valence-electron chi connectivity index (χ3n) is 3.89. The van der Waals surface area contributed by atoms with Gasteiger partial charge in [0.15, 0.2) is 11.5 Å². The van der Waals surface area contributed by atoms with Crippen molar-refractivity contribution < 1.29 is 19.1 Å². The zero-order valence-corrected chi connectivity index (χ0v) is 16.6. The summed E-state index contributed by atoms with van der Waals surface area (Å²) in [5.41, 5.74) is 2.53. The van der Waals surface area contributed by atoms with Gasteiger partial charge in [0.25, 0.3) is 5.91 Å². The quantitative estimate of drug-likeness (QED) is 0.415. The van der Waals surface area contributed by atoms with E-state index in [-0.39, 0.29) is 5.91 Å². The number of esters is 1. The van der Waals surface area contributed by atoms with Crippen LogP contribution >= 0.6 is 15.9 Å². The minimum atomic E-state index is -0.432. The topological polar surface area (TPSA) is 68.2 Å². The minimum absolute atomic E-state index is 0.210. The van der Waals surface area contributed by atoms with E-state index < -0.39 is 5.97 Å². The van der Waals surface area contributed by atoms with Crippen LogP contribution in [0.1, 0.15) is 19.4 Å². The van der Waals surface area contributed by atoms with Crippen molar-refractivity contribution in [3.05, 3.63) is 58.1 Å². The summed E-state index contributed by atoms with van der Waals surface area (Å²) in [7, 11) is 1.49. The highest BCUT2D eigenvalue weighted by Crippen LogP contribution is 2.31. The summed E-state index contributed by atoms with van der Waals surface area (Å²) in [5.74, 6) is 0.0903. The van der Waals surface area contributed by atoms with Gasteiger partial charge in [0.1, 0.15) is 0 Å². The second kappa shape index (κ2) is 7.75. The summed E-state index contributed by atoms with van der Waals surface area (Å²) in [5, 5.41) is 5.74. The maximum atomic E-state index is 12.8. The predicted octanol–water partition coefficient (Wildman–Crippen LogP) is 4.19. The van der Waals surface area contributed by atoms with Crippen LogP contribution in [0.3, 0.4) is 0 Å². The second-order valence-electron chi connectivity index (χ2n) is 5.84. The number of nitrogens with zero attached hydrogens (tertiary/aromatic N) is 2. The first-order valence-electron chi connectivity index (χ1n) is 8.13. The van der Waals surface area contributed by atoms with Gasteiger partial charge in [0.2, 0.25) is 0 Å². The van der Waals surface area contributed by atoms with Crippen LogP contribution in [-0.4, -0.2) is 24.7 Å². The Morgan fingerprint density at radius 2 is 1.85 bits per heavy atom. The summed E-state index contributed by atoms with van der Waals surface area (Å²) in [6.07, 6.45) is 1.74. The fourth-order valence-electron chi connectivity index (χ4n) is 2.62. The Hall–Kier alpha value is -2.93. The molecule has 0 aliphatic carbocycles. The van der Waals surface area contributed by atoms with Crippen LogP contribution in [0.5, 0.6) is 11.5 Å². The molecule has 138 valence electrons. The lowest BCUT2D eigenvalue weighted by atomic mass is 10.1. The third-order valence-corrected chi connectivity index (χ3v) is 4.41.